The first-order valence-corrected chi connectivity index (χ1v) is 17.0. The molecule has 1 spiro atoms. The Hall–Kier alpha value is -3.76. The van der Waals surface area contributed by atoms with Crippen molar-refractivity contribution in [2.75, 3.05) is 29.5 Å². The van der Waals surface area contributed by atoms with Gasteiger partial charge in [-0.25, -0.2) is 0 Å². The molecule has 3 aromatic rings. The van der Waals surface area contributed by atoms with Gasteiger partial charge in [0, 0.05) is 34.3 Å². The fourth-order valence-electron chi connectivity index (χ4n) is 7.62. The molecule has 0 aliphatic carbocycles. The first-order chi connectivity index (χ1) is 22.7. The lowest BCUT2D eigenvalue weighted by atomic mass is 9.70. The fraction of sp³-hybridized carbons (Fsp3) is 0.324. The third-order valence-corrected chi connectivity index (χ3v) is 10.6. The van der Waals surface area contributed by atoms with Gasteiger partial charge in [0.25, 0.3) is 5.91 Å². The Morgan fingerprint density at radius 1 is 0.957 bits per heavy atom. The molecule has 3 fully saturated rings. The number of anilines is 2. The third kappa shape index (κ3) is 5.84. The van der Waals surface area contributed by atoms with Crippen molar-refractivity contribution in [1.82, 2.24) is 4.90 Å². The van der Waals surface area contributed by atoms with Gasteiger partial charge in [-0.15, -0.1) is 13.2 Å². The molecule has 10 heteroatoms. The third-order valence-electron chi connectivity index (χ3n) is 9.53. The van der Waals surface area contributed by atoms with E-state index in [0.717, 1.165) is 5.56 Å². The Bertz CT molecular complexity index is 1640. The van der Waals surface area contributed by atoms with Crippen LogP contribution in [0, 0.1) is 11.8 Å². The van der Waals surface area contributed by atoms with Crippen LogP contribution < -0.4 is 9.80 Å². The fourth-order valence-corrected chi connectivity index (χ4v) is 8.69. The van der Waals surface area contributed by atoms with Crippen LogP contribution in [0.4, 0.5) is 11.4 Å². The second kappa shape index (κ2) is 13.8. The minimum absolute atomic E-state index is 0.160. The second-order valence-corrected chi connectivity index (χ2v) is 13.8. The molecule has 3 aromatic carbocycles. The number of para-hydroxylation sites is 1. The van der Waals surface area contributed by atoms with Gasteiger partial charge < -0.3 is 24.5 Å². The molecule has 0 radical (unpaired) electrons. The van der Waals surface area contributed by atoms with E-state index < -0.39 is 35.6 Å². The summed E-state index contributed by atoms with van der Waals surface area (Å²) < 4.78 is 6.80. The molecule has 2 bridgehead atoms. The predicted molar refractivity (Wildman–Crippen MR) is 187 cm³/mol. The molecule has 8 nitrogen and oxygen atoms in total. The molecular formula is C37H37BrClN3O5. The summed E-state index contributed by atoms with van der Waals surface area (Å²) in [4.78, 5) is 48.9. The predicted octanol–water partition coefficient (Wildman–Crippen LogP) is 5.43. The molecule has 47 heavy (non-hydrogen) atoms. The van der Waals surface area contributed by atoms with Crippen LogP contribution >= 0.6 is 27.5 Å². The van der Waals surface area contributed by atoms with E-state index in [9.17, 15) is 19.5 Å². The summed E-state index contributed by atoms with van der Waals surface area (Å²) in [6.07, 6.45) is 3.27. The van der Waals surface area contributed by atoms with Crippen LogP contribution in [0.1, 0.15) is 12.0 Å². The van der Waals surface area contributed by atoms with Gasteiger partial charge in [0.2, 0.25) is 11.8 Å². The van der Waals surface area contributed by atoms with E-state index in [1.807, 2.05) is 60.7 Å². The van der Waals surface area contributed by atoms with Crippen LogP contribution in [0.2, 0.25) is 5.02 Å². The van der Waals surface area contributed by atoms with E-state index in [4.69, 9.17) is 16.3 Å². The second-order valence-electron chi connectivity index (χ2n) is 12.2. The van der Waals surface area contributed by atoms with Crippen LogP contribution in [0.5, 0.6) is 0 Å². The van der Waals surface area contributed by atoms with Gasteiger partial charge in [-0.3, -0.25) is 14.4 Å². The van der Waals surface area contributed by atoms with Crippen molar-refractivity contribution in [3.8, 4) is 0 Å². The molecule has 3 amide bonds. The maximum absolute atomic E-state index is 15.0. The largest absolute Gasteiger partial charge is 0.394 e. The summed E-state index contributed by atoms with van der Waals surface area (Å²) >= 11 is 9.96. The zero-order valence-corrected chi connectivity index (χ0v) is 28.2. The number of aliphatic hydroxyl groups is 1. The number of benzene rings is 3. The minimum atomic E-state index is -1.32. The average Bonchev–Trinajstić information content (AvgIpc) is 3.69. The Balaban J connectivity index is 1.47. The number of aliphatic hydroxyl groups excluding tert-OH is 1. The molecule has 0 saturated carbocycles. The summed E-state index contributed by atoms with van der Waals surface area (Å²) in [5.74, 6) is -2.85. The van der Waals surface area contributed by atoms with E-state index in [0.29, 0.717) is 29.2 Å². The summed E-state index contributed by atoms with van der Waals surface area (Å²) in [6.45, 7) is 7.75. The monoisotopic (exact) mass is 717 g/mol. The topological polar surface area (TPSA) is 90.4 Å². The van der Waals surface area contributed by atoms with E-state index in [1.54, 1.807) is 46.2 Å². The molecule has 3 unspecified atom stereocenters. The van der Waals surface area contributed by atoms with E-state index >= 15 is 0 Å². The van der Waals surface area contributed by atoms with Gasteiger partial charge >= 0.3 is 0 Å². The summed E-state index contributed by atoms with van der Waals surface area (Å²) in [5.41, 5.74) is 0.831. The summed E-state index contributed by atoms with van der Waals surface area (Å²) in [6, 6.07) is 23.8. The highest BCUT2D eigenvalue weighted by Crippen LogP contribution is 2.61. The molecule has 244 valence electrons. The van der Waals surface area contributed by atoms with Crippen molar-refractivity contribution in [3.05, 3.63) is 121 Å². The van der Waals surface area contributed by atoms with E-state index in [-0.39, 0.29) is 42.2 Å². The maximum Gasteiger partial charge on any atom is 0.253 e. The highest BCUT2D eigenvalue weighted by Gasteiger charge is 2.77. The average molecular weight is 719 g/mol. The normalized spacial score (nSPS) is 26.5. The van der Waals surface area contributed by atoms with Crippen molar-refractivity contribution in [3.63, 3.8) is 0 Å². The van der Waals surface area contributed by atoms with Gasteiger partial charge in [0.05, 0.1) is 30.6 Å². The van der Waals surface area contributed by atoms with Gasteiger partial charge in [0.15, 0.2) is 0 Å². The highest BCUT2D eigenvalue weighted by atomic mass is 79.9. The Labute approximate surface area is 288 Å². The summed E-state index contributed by atoms with van der Waals surface area (Å²) in [7, 11) is 0. The quantitative estimate of drug-likeness (QED) is 0.199. The molecule has 3 aliphatic heterocycles. The lowest BCUT2D eigenvalue weighted by Gasteiger charge is -2.39. The standard InChI is InChI=1S/C37H37BrClN3O5/c1-3-19-40(26-13-9-6-10-14-26)34(44)30-31-35(45)42(28(23-43)21-24-11-7-5-8-12-24)33(37(31)22-29(38)32(30)47-37)36(46)41(20-4-2)27-17-15-25(39)16-18-27/h3-18,28-33,43H,1-2,19-23H2/t28-,29?,30-,31+,32-,33?,37?/m1/s1. The number of ether oxygens (including phenoxy) is 1. The number of carbonyl (C=O) groups excluding carboxylic acids is 3. The van der Waals surface area contributed by atoms with Crippen LogP contribution in [-0.2, 0) is 25.5 Å². The van der Waals surface area contributed by atoms with Crippen LogP contribution in [-0.4, -0.2) is 76.0 Å². The Morgan fingerprint density at radius 2 is 1.53 bits per heavy atom. The molecule has 1 N–H and O–H groups in total. The highest BCUT2D eigenvalue weighted by molar-refractivity contribution is 9.09. The molecular weight excluding hydrogens is 682 g/mol. The molecule has 6 rings (SSSR count). The Morgan fingerprint density at radius 3 is 2.13 bits per heavy atom. The maximum atomic E-state index is 15.0. The van der Waals surface area contributed by atoms with Crippen molar-refractivity contribution in [2.24, 2.45) is 11.8 Å². The van der Waals surface area contributed by atoms with Gasteiger partial charge in [-0.1, -0.05) is 88.2 Å². The number of carbonyl (C=O) groups is 3. The lowest BCUT2D eigenvalue weighted by Crippen LogP contribution is -2.59. The molecule has 7 atom stereocenters. The number of halogens is 2. The Kier molecular flexibility index (Phi) is 9.71. The number of nitrogens with zero attached hydrogens (tertiary/aromatic N) is 3. The lowest BCUT2D eigenvalue weighted by molar-refractivity contribution is -0.144. The molecule has 3 saturated heterocycles. The van der Waals surface area contributed by atoms with Crippen LogP contribution in [0.15, 0.2) is 110 Å². The first-order valence-electron chi connectivity index (χ1n) is 15.7. The van der Waals surface area contributed by atoms with E-state index in [1.165, 1.54) is 4.90 Å². The van der Waals surface area contributed by atoms with Crippen molar-refractivity contribution in [2.45, 2.75) is 41.5 Å². The van der Waals surface area contributed by atoms with Crippen LogP contribution in [0.25, 0.3) is 0 Å². The zero-order chi connectivity index (χ0) is 33.3. The number of hydrogen-bond acceptors (Lipinski definition) is 5. The smallest absolute Gasteiger partial charge is 0.253 e. The number of alkyl halides is 1. The van der Waals surface area contributed by atoms with E-state index in [2.05, 4.69) is 29.1 Å². The number of likely N-dealkylation sites (tertiary alicyclic amines) is 1. The van der Waals surface area contributed by atoms with Crippen molar-refractivity contribution >= 4 is 56.6 Å². The van der Waals surface area contributed by atoms with Gasteiger partial charge in [0.1, 0.15) is 11.6 Å². The zero-order valence-electron chi connectivity index (χ0n) is 25.8. The SMILES string of the molecule is C=CCN(C(=O)C1N([C@@H](CO)Cc2ccccc2)C(=O)[C@@H]2[C@@H](C(=O)N(CC=C)c3ccccc3)[C@@H]3OC12CC3Br)c1ccc(Cl)cc1. The molecule has 3 aliphatic rings. The van der Waals surface area contributed by atoms with Crippen molar-refractivity contribution in [1.29, 1.82) is 0 Å². The molecule has 3 heterocycles. The van der Waals surface area contributed by atoms with Crippen LogP contribution in [0.3, 0.4) is 0 Å². The number of rotatable bonds is 12. The van der Waals surface area contributed by atoms with Crippen molar-refractivity contribution < 1.29 is 24.2 Å². The number of amides is 3. The number of hydrogen-bond donors (Lipinski definition) is 1. The minimum Gasteiger partial charge on any atom is -0.394 e. The summed E-state index contributed by atoms with van der Waals surface area (Å²) in [5, 5.41) is 11.3. The first kappa shape index (κ1) is 33.2. The number of fused-ring (bicyclic) bond motifs is 1. The van der Waals surface area contributed by atoms with Gasteiger partial charge in [-0.05, 0) is 54.8 Å². The van der Waals surface area contributed by atoms with Gasteiger partial charge in [-0.2, -0.15) is 0 Å². The molecule has 0 aromatic heterocycles.